The van der Waals surface area contributed by atoms with Gasteiger partial charge in [-0.3, -0.25) is 4.79 Å². The topological polar surface area (TPSA) is 37.3 Å². The zero-order valence-electron chi connectivity index (χ0n) is 24.4. The highest BCUT2D eigenvalue weighted by atomic mass is 16.3. The van der Waals surface area contributed by atoms with Crippen LogP contribution < -0.4 is 0 Å². The van der Waals surface area contributed by atoms with Crippen molar-refractivity contribution in [2.45, 2.75) is 171 Å². The molecule has 0 radical (unpaired) electrons. The fraction of sp³-hybridized carbons (Fsp3) is 0.903. The Morgan fingerprint density at radius 3 is 1.45 bits per heavy atom. The van der Waals surface area contributed by atoms with Gasteiger partial charge >= 0.3 is 1.43 Å². The number of allylic oxidation sites excluding steroid dienone is 2. The zero-order chi connectivity index (χ0) is 24.8. The molecule has 0 aliphatic heterocycles. The summed E-state index contributed by atoms with van der Waals surface area (Å²) < 4.78 is 0. The third-order valence-corrected chi connectivity index (χ3v) is 6.22. The summed E-state index contributed by atoms with van der Waals surface area (Å²) in [6.07, 6.45) is 21.9. The molecular formula is C31H65O2+. The molecule has 2 aliphatic rings. The van der Waals surface area contributed by atoms with Crippen LogP contribution in [0.1, 0.15) is 167 Å². The lowest BCUT2D eigenvalue weighted by molar-refractivity contribution is -0.118. The second kappa shape index (κ2) is 24.5. The third-order valence-electron chi connectivity index (χ3n) is 6.22. The molecule has 0 saturated heterocycles. The van der Waals surface area contributed by atoms with Gasteiger partial charge in [0.1, 0.15) is 5.78 Å². The van der Waals surface area contributed by atoms with Crippen molar-refractivity contribution >= 4 is 5.78 Å². The maximum atomic E-state index is 10.2. The van der Waals surface area contributed by atoms with Crippen molar-refractivity contribution < 1.29 is 11.3 Å². The molecule has 2 fully saturated rings. The fourth-order valence-electron chi connectivity index (χ4n) is 3.83. The zero-order valence-corrected chi connectivity index (χ0v) is 23.4. The molecule has 2 nitrogen and oxygen atoms in total. The molecule has 2 rings (SSSR count). The van der Waals surface area contributed by atoms with E-state index in [0.29, 0.717) is 17.6 Å². The lowest BCUT2D eigenvalue weighted by atomic mass is 9.88. The number of carbonyl (C=O) groups is 1. The summed E-state index contributed by atoms with van der Waals surface area (Å²) in [4.78, 5) is 10.2. The first-order chi connectivity index (χ1) is 15.3. The first-order valence-electron chi connectivity index (χ1n) is 14.2. The summed E-state index contributed by atoms with van der Waals surface area (Å²) in [6, 6.07) is 0. The first-order valence-corrected chi connectivity index (χ1v) is 14.2. The summed E-state index contributed by atoms with van der Waals surface area (Å²) in [6.45, 7) is 17.1. The SMILES string of the molecule is C.CC(=O)C1CC1.CCCC.CCCC(O)(CCC)C1CC1.CCCC=C(CCC)CCC.[H+]. The van der Waals surface area contributed by atoms with Crippen LogP contribution in [0.5, 0.6) is 0 Å². The minimum Gasteiger partial charge on any atom is -0.390 e. The van der Waals surface area contributed by atoms with Gasteiger partial charge in [0.2, 0.25) is 0 Å². The van der Waals surface area contributed by atoms with Gasteiger partial charge in [-0.05, 0) is 70.6 Å². The second-order valence-electron chi connectivity index (χ2n) is 9.91. The molecule has 200 valence electrons. The molecular weight excluding hydrogens is 404 g/mol. The second-order valence-corrected chi connectivity index (χ2v) is 9.91. The predicted molar refractivity (Wildman–Crippen MR) is 152 cm³/mol. The van der Waals surface area contributed by atoms with E-state index in [2.05, 4.69) is 54.5 Å². The van der Waals surface area contributed by atoms with Crippen LogP contribution in [-0.2, 0) is 4.79 Å². The van der Waals surface area contributed by atoms with Crippen molar-refractivity contribution in [3.05, 3.63) is 11.6 Å². The van der Waals surface area contributed by atoms with Crippen LogP contribution >= 0.6 is 0 Å². The smallest absolute Gasteiger partial charge is 0.390 e. The van der Waals surface area contributed by atoms with Crippen LogP contribution in [0, 0.1) is 11.8 Å². The highest BCUT2D eigenvalue weighted by molar-refractivity contribution is 5.80. The number of hydrogen-bond acceptors (Lipinski definition) is 2. The predicted octanol–water partition coefficient (Wildman–Crippen LogP) is 10.6. The van der Waals surface area contributed by atoms with Gasteiger partial charge in [-0.1, -0.05) is 112 Å². The number of ketones is 1. The van der Waals surface area contributed by atoms with E-state index < -0.39 is 0 Å². The number of unbranched alkanes of at least 4 members (excludes halogenated alkanes) is 2. The molecule has 0 heterocycles. The van der Waals surface area contributed by atoms with E-state index in [1.54, 1.807) is 12.5 Å². The average molecular weight is 470 g/mol. The molecule has 33 heavy (non-hydrogen) atoms. The fourth-order valence-corrected chi connectivity index (χ4v) is 3.83. The van der Waals surface area contributed by atoms with Gasteiger partial charge in [-0.25, -0.2) is 0 Å². The average Bonchev–Trinajstić information content (AvgIpc) is 3.66. The van der Waals surface area contributed by atoms with Crippen LogP contribution in [0.4, 0.5) is 0 Å². The quantitative estimate of drug-likeness (QED) is 0.272. The number of aliphatic hydroxyl groups is 1. The van der Waals surface area contributed by atoms with Crippen LogP contribution in [0.3, 0.4) is 0 Å². The molecule has 2 saturated carbocycles. The van der Waals surface area contributed by atoms with Crippen LogP contribution in [0.15, 0.2) is 11.6 Å². The largest absolute Gasteiger partial charge is 1.00 e. The van der Waals surface area contributed by atoms with Crippen molar-refractivity contribution in [1.29, 1.82) is 0 Å². The molecule has 0 unspecified atom stereocenters. The molecule has 1 N–H and O–H groups in total. The highest BCUT2D eigenvalue weighted by Gasteiger charge is 2.41. The Hall–Kier alpha value is -0.630. The normalized spacial score (nSPS) is 14.2. The summed E-state index contributed by atoms with van der Waals surface area (Å²) in [5, 5.41) is 10.2. The lowest BCUT2D eigenvalue weighted by Gasteiger charge is -2.27. The van der Waals surface area contributed by atoms with E-state index in [1.807, 2.05) is 0 Å². The summed E-state index contributed by atoms with van der Waals surface area (Å²) in [5.74, 6) is 1.47. The molecule has 2 heteroatoms. The molecule has 0 amide bonds. The minimum absolute atomic E-state index is 0. The summed E-state index contributed by atoms with van der Waals surface area (Å²) >= 11 is 0. The number of Topliss-reactive ketones (excluding diaryl/α,β-unsaturated/α-hetero) is 1. The van der Waals surface area contributed by atoms with Gasteiger partial charge < -0.3 is 5.11 Å². The molecule has 0 aromatic heterocycles. The highest BCUT2D eigenvalue weighted by Crippen LogP contribution is 2.44. The van der Waals surface area contributed by atoms with Crippen LogP contribution in [0.25, 0.3) is 0 Å². The van der Waals surface area contributed by atoms with Gasteiger partial charge in [-0.2, -0.15) is 0 Å². The lowest BCUT2D eigenvalue weighted by Crippen LogP contribution is -2.30. The Balaban J connectivity index is -0.000000184. The maximum Gasteiger partial charge on any atom is 1.00 e. The molecule has 0 spiro atoms. The van der Waals surface area contributed by atoms with Crippen molar-refractivity contribution in [3.63, 3.8) is 0 Å². The molecule has 0 aromatic rings. The van der Waals surface area contributed by atoms with E-state index in [9.17, 15) is 9.90 Å². The Morgan fingerprint density at radius 2 is 1.24 bits per heavy atom. The van der Waals surface area contributed by atoms with Crippen LogP contribution in [0.2, 0.25) is 0 Å². The summed E-state index contributed by atoms with van der Waals surface area (Å²) in [5.41, 5.74) is 1.39. The van der Waals surface area contributed by atoms with Crippen molar-refractivity contribution in [2.75, 3.05) is 0 Å². The van der Waals surface area contributed by atoms with E-state index in [4.69, 9.17) is 0 Å². The third kappa shape index (κ3) is 22.9. The summed E-state index contributed by atoms with van der Waals surface area (Å²) in [7, 11) is 0. The van der Waals surface area contributed by atoms with E-state index in [1.165, 1.54) is 64.2 Å². The maximum absolute atomic E-state index is 10.2. The Morgan fingerprint density at radius 1 is 0.788 bits per heavy atom. The Bertz CT molecular complexity index is 434. The van der Waals surface area contributed by atoms with E-state index >= 15 is 0 Å². The van der Waals surface area contributed by atoms with Crippen LogP contribution in [-0.4, -0.2) is 16.5 Å². The van der Waals surface area contributed by atoms with Crippen molar-refractivity contribution in [3.8, 4) is 0 Å². The first kappa shape index (κ1) is 36.9. The molecule has 2 aliphatic carbocycles. The standard InChI is InChI=1S/C11H22.C10H20O.C5H8O.C4H10.CH4/c1-4-7-10-11(8-5-2)9-6-3;1-3-7-10(11,8-4-2)9-5-6-9;1-4(6)5-2-3-5;1-3-4-2;/h10H,4-9H2,1-3H3;9,11H,3-8H2,1-2H3;5H,2-3H2,1H3;3-4H2,1-2H3;1H4/p+1. The van der Waals surface area contributed by atoms with E-state index in [0.717, 1.165) is 38.5 Å². The van der Waals surface area contributed by atoms with Gasteiger partial charge in [0.05, 0.1) is 5.60 Å². The van der Waals surface area contributed by atoms with Gasteiger partial charge in [-0.15, -0.1) is 0 Å². The van der Waals surface area contributed by atoms with Gasteiger partial charge in [0.25, 0.3) is 0 Å². The van der Waals surface area contributed by atoms with Crippen molar-refractivity contribution in [2.24, 2.45) is 11.8 Å². The van der Waals surface area contributed by atoms with E-state index in [-0.39, 0.29) is 14.5 Å². The molecule has 0 atom stereocenters. The number of rotatable bonds is 13. The monoisotopic (exact) mass is 469 g/mol. The number of carbonyl (C=O) groups excluding carboxylic acids is 1. The molecule has 0 bridgehead atoms. The Kier molecular flexibility index (Phi) is 27.4. The van der Waals surface area contributed by atoms with Gasteiger partial charge in [0.15, 0.2) is 0 Å². The number of hydrogen-bond donors (Lipinski definition) is 1. The molecule has 0 aromatic carbocycles. The minimum atomic E-state index is -0.288. The van der Waals surface area contributed by atoms with Gasteiger partial charge in [0, 0.05) is 5.92 Å². The Labute approximate surface area is 211 Å². The van der Waals surface area contributed by atoms with Crippen molar-refractivity contribution in [1.82, 2.24) is 0 Å².